The Hall–Kier alpha value is -4.81. The molecule has 1 heterocycles. The van der Waals surface area contributed by atoms with E-state index in [2.05, 4.69) is 15.5 Å². The number of hydrogen-bond acceptors (Lipinski definition) is 8. The SMILES string of the molecule is CCC(CC)NC(=O)Nc1ccc(Oc2ccc(N(CCOC)C(=O)c3ccc(OC4CCN(CC(C)(C)C(=O)O)CC4)cc3)cc2)c(OC)c1. The molecule has 3 amide bonds. The van der Waals surface area contributed by atoms with Gasteiger partial charge >= 0.3 is 12.0 Å². The summed E-state index contributed by atoms with van der Waals surface area (Å²) < 4.78 is 23.2. The van der Waals surface area contributed by atoms with Gasteiger partial charge in [-0.1, -0.05) is 13.8 Å². The van der Waals surface area contributed by atoms with Crippen LogP contribution < -0.4 is 29.7 Å². The highest BCUT2D eigenvalue weighted by molar-refractivity contribution is 6.06. The molecular weight excluding hydrogens is 652 g/mol. The number of aliphatic carboxylic acids is 1. The summed E-state index contributed by atoms with van der Waals surface area (Å²) in [5, 5.41) is 15.2. The minimum absolute atomic E-state index is 0.0231. The fourth-order valence-corrected chi connectivity index (χ4v) is 5.86. The van der Waals surface area contributed by atoms with Gasteiger partial charge in [0.2, 0.25) is 0 Å². The number of urea groups is 1. The summed E-state index contributed by atoms with van der Waals surface area (Å²) in [5.41, 5.74) is 0.968. The van der Waals surface area contributed by atoms with Gasteiger partial charge in [-0.25, -0.2) is 4.79 Å². The van der Waals surface area contributed by atoms with E-state index in [0.717, 1.165) is 38.8 Å². The maximum Gasteiger partial charge on any atom is 0.319 e. The normalized spacial score (nSPS) is 13.8. The topological polar surface area (TPSA) is 139 Å². The summed E-state index contributed by atoms with van der Waals surface area (Å²) in [7, 11) is 3.13. The number of nitrogens with one attached hydrogen (secondary N) is 2. The number of likely N-dealkylation sites (tertiary alicyclic amines) is 1. The number of ether oxygens (including phenoxy) is 4. The molecule has 0 radical (unpaired) electrons. The molecule has 12 heteroatoms. The van der Waals surface area contributed by atoms with E-state index in [1.54, 1.807) is 68.3 Å². The van der Waals surface area contributed by atoms with Gasteiger partial charge in [-0.3, -0.25) is 9.59 Å². The third kappa shape index (κ3) is 11.1. The van der Waals surface area contributed by atoms with E-state index < -0.39 is 11.4 Å². The lowest BCUT2D eigenvalue weighted by molar-refractivity contribution is -0.148. The number of anilines is 2. The zero-order chi connectivity index (χ0) is 37.0. The van der Waals surface area contributed by atoms with Crippen molar-refractivity contribution in [1.82, 2.24) is 10.2 Å². The largest absolute Gasteiger partial charge is 0.493 e. The van der Waals surface area contributed by atoms with Crippen LogP contribution in [0.25, 0.3) is 0 Å². The minimum Gasteiger partial charge on any atom is -0.493 e. The lowest BCUT2D eigenvalue weighted by Gasteiger charge is -2.35. The summed E-state index contributed by atoms with van der Waals surface area (Å²) in [5.74, 6) is 1.18. The first-order valence-electron chi connectivity index (χ1n) is 17.5. The number of carbonyl (C=O) groups excluding carboxylic acids is 2. The monoisotopic (exact) mass is 704 g/mol. The molecule has 1 fully saturated rings. The van der Waals surface area contributed by atoms with Crippen LogP contribution in [0.15, 0.2) is 66.7 Å². The molecule has 1 aliphatic rings. The van der Waals surface area contributed by atoms with Crippen molar-refractivity contribution in [3.05, 3.63) is 72.3 Å². The number of amides is 3. The van der Waals surface area contributed by atoms with Crippen LogP contribution in [0.3, 0.4) is 0 Å². The first kappa shape index (κ1) is 39.0. The first-order chi connectivity index (χ1) is 24.5. The van der Waals surface area contributed by atoms with E-state index >= 15 is 0 Å². The Bertz CT molecular complexity index is 1580. The molecule has 0 aromatic heterocycles. The Labute approximate surface area is 301 Å². The lowest BCUT2D eigenvalue weighted by Crippen LogP contribution is -2.45. The number of nitrogens with zero attached hydrogens (tertiary/aromatic N) is 2. The number of rotatable bonds is 17. The standard InChI is InChI=1S/C39H52N4O8/c1-7-28(8-2)40-38(47)41-29-11-18-34(35(25-29)49-6)51-32-16-12-30(13-17-32)43(23-24-48-5)36(44)27-9-14-31(15-10-27)50-33-19-21-42(22-20-33)26-39(3,4)37(45)46/h9-18,25,28,33H,7-8,19-24,26H2,1-6H3,(H,45,46)(H2,40,41,47). The van der Waals surface area contributed by atoms with Crippen molar-refractivity contribution in [2.75, 3.05) is 57.2 Å². The van der Waals surface area contributed by atoms with Crippen LogP contribution in [0.1, 0.15) is 63.7 Å². The fourth-order valence-electron chi connectivity index (χ4n) is 5.86. The second-order valence-electron chi connectivity index (χ2n) is 13.3. The third-order valence-corrected chi connectivity index (χ3v) is 9.02. The predicted molar refractivity (Wildman–Crippen MR) is 198 cm³/mol. The Morgan fingerprint density at radius 2 is 1.57 bits per heavy atom. The molecule has 1 aliphatic heterocycles. The molecule has 12 nitrogen and oxygen atoms in total. The molecular formula is C39H52N4O8. The maximum atomic E-state index is 13.7. The van der Waals surface area contributed by atoms with Crippen LogP contribution in [0.4, 0.5) is 16.2 Å². The van der Waals surface area contributed by atoms with Crippen molar-refractivity contribution in [2.24, 2.45) is 5.41 Å². The number of carbonyl (C=O) groups is 3. The van der Waals surface area contributed by atoms with E-state index in [4.69, 9.17) is 18.9 Å². The molecule has 4 rings (SSSR count). The van der Waals surface area contributed by atoms with Crippen molar-refractivity contribution in [2.45, 2.75) is 65.5 Å². The Morgan fingerprint density at radius 3 is 2.16 bits per heavy atom. The summed E-state index contributed by atoms with van der Waals surface area (Å²) in [6.45, 7) is 10.3. The zero-order valence-corrected chi connectivity index (χ0v) is 30.6. The minimum atomic E-state index is -0.796. The van der Waals surface area contributed by atoms with Crippen LogP contribution in [-0.4, -0.2) is 87.1 Å². The van der Waals surface area contributed by atoms with Crippen LogP contribution in [-0.2, 0) is 9.53 Å². The van der Waals surface area contributed by atoms with Crippen LogP contribution in [0.2, 0.25) is 0 Å². The van der Waals surface area contributed by atoms with Gasteiger partial charge in [0, 0.05) is 62.3 Å². The summed E-state index contributed by atoms with van der Waals surface area (Å²) >= 11 is 0. The maximum absolute atomic E-state index is 13.7. The summed E-state index contributed by atoms with van der Waals surface area (Å²) in [6.07, 6.45) is 3.32. The Morgan fingerprint density at radius 1 is 0.922 bits per heavy atom. The molecule has 3 aromatic carbocycles. The van der Waals surface area contributed by atoms with Gasteiger partial charge in [0.05, 0.1) is 19.1 Å². The molecule has 0 saturated carbocycles. The quantitative estimate of drug-likeness (QED) is 0.135. The molecule has 1 saturated heterocycles. The number of benzene rings is 3. The molecule has 276 valence electrons. The molecule has 0 unspecified atom stereocenters. The van der Waals surface area contributed by atoms with Gasteiger partial charge in [-0.05, 0) is 100 Å². The smallest absolute Gasteiger partial charge is 0.319 e. The van der Waals surface area contributed by atoms with E-state index in [1.165, 1.54) is 7.11 Å². The van der Waals surface area contributed by atoms with Crippen LogP contribution >= 0.6 is 0 Å². The molecule has 0 atom stereocenters. The van der Waals surface area contributed by atoms with E-state index in [9.17, 15) is 19.5 Å². The van der Waals surface area contributed by atoms with Crippen molar-refractivity contribution < 1.29 is 38.4 Å². The number of piperidine rings is 1. The first-order valence-corrected chi connectivity index (χ1v) is 17.5. The van der Waals surface area contributed by atoms with Crippen molar-refractivity contribution in [1.29, 1.82) is 0 Å². The van der Waals surface area contributed by atoms with Gasteiger partial charge in [0.15, 0.2) is 11.5 Å². The number of carboxylic acids is 1. The third-order valence-electron chi connectivity index (χ3n) is 9.02. The average Bonchev–Trinajstić information content (AvgIpc) is 3.12. The van der Waals surface area contributed by atoms with Gasteiger partial charge in [-0.2, -0.15) is 0 Å². The predicted octanol–water partition coefficient (Wildman–Crippen LogP) is 7.04. The number of carboxylic acid groups (broad SMARTS) is 1. The summed E-state index contributed by atoms with van der Waals surface area (Å²) in [4.78, 5) is 41.5. The van der Waals surface area contributed by atoms with E-state index in [-0.39, 0.29) is 24.1 Å². The molecule has 51 heavy (non-hydrogen) atoms. The zero-order valence-electron chi connectivity index (χ0n) is 30.6. The van der Waals surface area contributed by atoms with Gasteiger partial charge in [0.1, 0.15) is 17.6 Å². The Kier molecular flexibility index (Phi) is 14.1. The van der Waals surface area contributed by atoms with Crippen molar-refractivity contribution in [3.8, 4) is 23.0 Å². The molecule has 3 N–H and O–H groups in total. The highest BCUT2D eigenvalue weighted by Crippen LogP contribution is 2.35. The molecule has 0 bridgehead atoms. The van der Waals surface area contributed by atoms with Crippen LogP contribution in [0, 0.1) is 5.41 Å². The highest BCUT2D eigenvalue weighted by Gasteiger charge is 2.32. The molecule has 0 spiro atoms. The number of hydrogen-bond donors (Lipinski definition) is 3. The van der Waals surface area contributed by atoms with Gasteiger partial charge < -0.3 is 44.5 Å². The molecule has 0 aliphatic carbocycles. The lowest BCUT2D eigenvalue weighted by atomic mass is 9.92. The molecule has 3 aromatic rings. The fraction of sp³-hybridized carbons (Fsp3) is 0.462. The number of methoxy groups -OCH3 is 2. The average molecular weight is 705 g/mol. The Balaban J connectivity index is 1.37. The van der Waals surface area contributed by atoms with Crippen molar-refractivity contribution >= 4 is 29.3 Å². The van der Waals surface area contributed by atoms with Gasteiger partial charge in [0.25, 0.3) is 5.91 Å². The second-order valence-corrected chi connectivity index (χ2v) is 13.3. The summed E-state index contributed by atoms with van der Waals surface area (Å²) in [6, 6.07) is 19.3. The van der Waals surface area contributed by atoms with Crippen molar-refractivity contribution in [3.63, 3.8) is 0 Å². The van der Waals surface area contributed by atoms with Crippen LogP contribution in [0.5, 0.6) is 23.0 Å². The van der Waals surface area contributed by atoms with Gasteiger partial charge in [-0.15, -0.1) is 0 Å². The second kappa shape index (κ2) is 18.4. The highest BCUT2D eigenvalue weighted by atomic mass is 16.5. The van der Waals surface area contributed by atoms with E-state index in [0.29, 0.717) is 59.6 Å². The van der Waals surface area contributed by atoms with E-state index in [1.807, 2.05) is 38.1 Å².